The van der Waals surface area contributed by atoms with Gasteiger partial charge in [0.25, 0.3) is 0 Å². The van der Waals surface area contributed by atoms with E-state index in [2.05, 4.69) is 23.5 Å². The Bertz CT molecular complexity index is 568. The fourth-order valence-electron chi connectivity index (χ4n) is 1.71. The summed E-state index contributed by atoms with van der Waals surface area (Å²) < 4.78 is 1.26. The molecule has 2 rings (SSSR count). The highest BCUT2D eigenvalue weighted by Gasteiger charge is 2.09. The SMILES string of the molecule is CNC(=O)C(C)=C(C)c1cc2ccccc2s1.Cl. The van der Waals surface area contributed by atoms with Gasteiger partial charge in [-0.3, -0.25) is 4.79 Å². The molecule has 0 aliphatic heterocycles. The van der Waals surface area contributed by atoms with Crippen LogP contribution in [-0.2, 0) is 4.79 Å². The first-order valence-corrected chi connectivity index (χ1v) is 6.33. The molecule has 0 saturated heterocycles. The van der Waals surface area contributed by atoms with E-state index in [1.807, 2.05) is 26.0 Å². The van der Waals surface area contributed by atoms with Crippen molar-refractivity contribution in [2.75, 3.05) is 7.05 Å². The fourth-order valence-corrected chi connectivity index (χ4v) is 2.83. The number of halogens is 1. The third-order valence-electron chi connectivity index (χ3n) is 2.93. The first-order valence-electron chi connectivity index (χ1n) is 5.52. The molecular formula is C14H16ClNOS. The van der Waals surface area contributed by atoms with E-state index in [4.69, 9.17) is 0 Å². The minimum absolute atomic E-state index is 0. The third kappa shape index (κ3) is 2.74. The molecular weight excluding hydrogens is 266 g/mol. The Labute approximate surface area is 117 Å². The Morgan fingerprint density at radius 1 is 1.22 bits per heavy atom. The summed E-state index contributed by atoms with van der Waals surface area (Å²) in [5, 5.41) is 3.89. The van der Waals surface area contributed by atoms with Gasteiger partial charge in [0, 0.05) is 22.2 Å². The van der Waals surface area contributed by atoms with E-state index in [9.17, 15) is 4.79 Å². The predicted molar refractivity (Wildman–Crippen MR) is 81.4 cm³/mol. The average Bonchev–Trinajstić information content (AvgIpc) is 2.79. The Morgan fingerprint density at radius 3 is 2.50 bits per heavy atom. The first-order chi connectivity index (χ1) is 8.13. The molecule has 0 saturated carbocycles. The normalized spacial score (nSPS) is 11.7. The third-order valence-corrected chi connectivity index (χ3v) is 4.16. The highest BCUT2D eigenvalue weighted by atomic mass is 35.5. The molecule has 2 nitrogen and oxygen atoms in total. The molecule has 0 fully saturated rings. The van der Waals surface area contributed by atoms with Crippen LogP contribution in [-0.4, -0.2) is 13.0 Å². The van der Waals surface area contributed by atoms with Crippen molar-refractivity contribution in [2.24, 2.45) is 0 Å². The number of carbonyl (C=O) groups is 1. The number of nitrogens with one attached hydrogen (secondary N) is 1. The molecule has 0 spiro atoms. The van der Waals surface area contributed by atoms with Crippen LogP contribution in [0, 0.1) is 0 Å². The number of benzene rings is 1. The van der Waals surface area contributed by atoms with Gasteiger partial charge in [0.2, 0.25) is 5.91 Å². The molecule has 0 aliphatic rings. The van der Waals surface area contributed by atoms with E-state index < -0.39 is 0 Å². The van der Waals surface area contributed by atoms with E-state index in [0.717, 1.165) is 16.0 Å². The van der Waals surface area contributed by atoms with Gasteiger partial charge in [-0.05, 0) is 36.9 Å². The maximum Gasteiger partial charge on any atom is 0.246 e. The number of thiophene rings is 1. The van der Waals surface area contributed by atoms with Gasteiger partial charge < -0.3 is 5.32 Å². The zero-order valence-corrected chi connectivity index (χ0v) is 12.2. The molecule has 18 heavy (non-hydrogen) atoms. The molecule has 0 bridgehead atoms. The predicted octanol–water partition coefficient (Wildman–Crippen LogP) is 3.86. The number of carbonyl (C=O) groups excluding carboxylic acids is 1. The van der Waals surface area contributed by atoms with Crippen LogP contribution >= 0.6 is 23.7 Å². The minimum Gasteiger partial charge on any atom is -0.355 e. The summed E-state index contributed by atoms with van der Waals surface area (Å²) in [6.45, 7) is 3.86. The van der Waals surface area contributed by atoms with E-state index in [1.54, 1.807) is 18.4 Å². The second-order valence-electron chi connectivity index (χ2n) is 3.98. The van der Waals surface area contributed by atoms with Crippen molar-refractivity contribution in [1.82, 2.24) is 5.32 Å². The molecule has 1 heterocycles. The maximum atomic E-state index is 11.6. The average molecular weight is 282 g/mol. The van der Waals surface area contributed by atoms with Crippen LogP contribution in [0.15, 0.2) is 35.9 Å². The quantitative estimate of drug-likeness (QED) is 0.832. The van der Waals surface area contributed by atoms with Crippen molar-refractivity contribution in [3.8, 4) is 0 Å². The summed E-state index contributed by atoms with van der Waals surface area (Å²) >= 11 is 1.72. The minimum atomic E-state index is -0.0139. The van der Waals surface area contributed by atoms with Gasteiger partial charge in [-0.1, -0.05) is 18.2 Å². The van der Waals surface area contributed by atoms with Gasteiger partial charge in [0.1, 0.15) is 0 Å². The summed E-state index contributed by atoms with van der Waals surface area (Å²) in [5.74, 6) is -0.0139. The molecule has 4 heteroatoms. The van der Waals surface area contributed by atoms with Crippen LogP contribution in [0.5, 0.6) is 0 Å². The Balaban J connectivity index is 0.00000162. The van der Waals surface area contributed by atoms with Crippen LogP contribution in [0.3, 0.4) is 0 Å². The van der Waals surface area contributed by atoms with Crippen molar-refractivity contribution in [1.29, 1.82) is 0 Å². The van der Waals surface area contributed by atoms with E-state index >= 15 is 0 Å². The summed E-state index contributed by atoms with van der Waals surface area (Å²) in [5.41, 5.74) is 1.82. The lowest BCUT2D eigenvalue weighted by molar-refractivity contribution is -0.116. The van der Waals surface area contributed by atoms with Gasteiger partial charge in [0.05, 0.1) is 0 Å². The number of fused-ring (bicyclic) bond motifs is 1. The van der Waals surface area contributed by atoms with Gasteiger partial charge in [-0.25, -0.2) is 0 Å². The Hall–Kier alpha value is -1.32. The molecule has 1 aromatic heterocycles. The van der Waals surface area contributed by atoms with Gasteiger partial charge in [-0.15, -0.1) is 23.7 Å². The summed E-state index contributed by atoms with van der Waals surface area (Å²) in [7, 11) is 1.66. The summed E-state index contributed by atoms with van der Waals surface area (Å²) in [6, 6.07) is 10.4. The lowest BCUT2D eigenvalue weighted by Gasteiger charge is -2.03. The monoisotopic (exact) mass is 281 g/mol. The molecule has 0 aliphatic carbocycles. The van der Waals surface area contributed by atoms with E-state index in [-0.39, 0.29) is 18.3 Å². The van der Waals surface area contributed by atoms with Crippen molar-refractivity contribution < 1.29 is 4.79 Å². The van der Waals surface area contributed by atoms with Crippen molar-refractivity contribution in [2.45, 2.75) is 13.8 Å². The second-order valence-corrected chi connectivity index (χ2v) is 5.06. The smallest absolute Gasteiger partial charge is 0.246 e. The standard InChI is InChI=1S/C14H15NOS.ClH/c1-9(10(2)14(16)15-3)13-8-11-6-4-5-7-12(11)17-13;/h4-8H,1-3H3,(H,15,16);1H. The summed E-state index contributed by atoms with van der Waals surface area (Å²) in [4.78, 5) is 12.7. The van der Waals surface area contributed by atoms with Crippen LogP contribution in [0.2, 0.25) is 0 Å². The Kier molecular flexibility index (Phi) is 4.93. The molecule has 1 N–H and O–H groups in total. The van der Waals surface area contributed by atoms with Crippen LogP contribution in [0.25, 0.3) is 15.7 Å². The van der Waals surface area contributed by atoms with Crippen LogP contribution in [0.4, 0.5) is 0 Å². The van der Waals surface area contributed by atoms with Gasteiger partial charge >= 0.3 is 0 Å². The fraction of sp³-hybridized carbons (Fsp3) is 0.214. The number of rotatable bonds is 2. The Morgan fingerprint density at radius 2 is 1.89 bits per heavy atom. The van der Waals surface area contributed by atoms with Gasteiger partial charge in [-0.2, -0.15) is 0 Å². The zero-order chi connectivity index (χ0) is 12.4. The number of hydrogen-bond acceptors (Lipinski definition) is 2. The number of hydrogen-bond donors (Lipinski definition) is 1. The van der Waals surface area contributed by atoms with Crippen LogP contribution < -0.4 is 5.32 Å². The zero-order valence-electron chi connectivity index (χ0n) is 10.6. The van der Waals surface area contributed by atoms with Crippen LogP contribution in [0.1, 0.15) is 18.7 Å². The second kappa shape index (κ2) is 6.03. The van der Waals surface area contributed by atoms with Crippen molar-refractivity contribution in [3.63, 3.8) is 0 Å². The van der Waals surface area contributed by atoms with Crippen molar-refractivity contribution in [3.05, 3.63) is 40.8 Å². The maximum absolute atomic E-state index is 11.6. The molecule has 2 aromatic rings. The summed E-state index contributed by atoms with van der Waals surface area (Å²) in [6.07, 6.45) is 0. The molecule has 96 valence electrons. The molecule has 1 amide bonds. The highest BCUT2D eigenvalue weighted by molar-refractivity contribution is 7.20. The molecule has 0 radical (unpaired) electrons. The number of amides is 1. The largest absolute Gasteiger partial charge is 0.355 e. The first kappa shape index (κ1) is 14.7. The van der Waals surface area contributed by atoms with Crippen molar-refractivity contribution >= 4 is 45.3 Å². The lowest BCUT2D eigenvalue weighted by atomic mass is 10.1. The molecule has 0 unspecified atom stereocenters. The van der Waals surface area contributed by atoms with E-state index in [1.165, 1.54) is 10.1 Å². The topological polar surface area (TPSA) is 29.1 Å². The van der Waals surface area contributed by atoms with Gasteiger partial charge in [0.15, 0.2) is 0 Å². The highest BCUT2D eigenvalue weighted by Crippen LogP contribution is 2.31. The lowest BCUT2D eigenvalue weighted by Crippen LogP contribution is -2.19. The number of likely N-dealkylation sites (N-methyl/N-ethyl adjacent to an activating group) is 1. The molecule has 0 atom stereocenters. The number of allylic oxidation sites excluding steroid dienone is 1. The molecule has 1 aromatic carbocycles. The van der Waals surface area contributed by atoms with E-state index in [0.29, 0.717) is 0 Å².